The van der Waals surface area contributed by atoms with Crippen LogP contribution in [0.25, 0.3) is 11.1 Å². The molecule has 10 heteroatoms. The molecule has 3 aliphatic rings. The van der Waals surface area contributed by atoms with Gasteiger partial charge in [0.05, 0.1) is 18.0 Å². The summed E-state index contributed by atoms with van der Waals surface area (Å²) in [5.41, 5.74) is 7.67. The van der Waals surface area contributed by atoms with Gasteiger partial charge in [0.25, 0.3) is 11.5 Å². The maximum absolute atomic E-state index is 13.8. The van der Waals surface area contributed by atoms with E-state index in [-0.39, 0.29) is 18.1 Å². The lowest BCUT2D eigenvalue weighted by molar-refractivity contribution is 0.0964. The Labute approximate surface area is 242 Å². The Morgan fingerprint density at radius 3 is 2.76 bits per heavy atom. The minimum Gasteiger partial charge on any atom is -0.392 e. The number of amides is 1. The summed E-state index contributed by atoms with van der Waals surface area (Å²) >= 11 is 1.59. The number of benzene rings is 1. The highest BCUT2D eigenvalue weighted by molar-refractivity contribution is 7.15. The van der Waals surface area contributed by atoms with Gasteiger partial charge in [-0.05, 0) is 62.1 Å². The van der Waals surface area contributed by atoms with Crippen molar-refractivity contribution in [2.75, 3.05) is 30.4 Å². The van der Waals surface area contributed by atoms with E-state index in [9.17, 15) is 14.7 Å². The van der Waals surface area contributed by atoms with Gasteiger partial charge in [0.2, 0.25) is 0 Å². The summed E-state index contributed by atoms with van der Waals surface area (Å²) in [4.78, 5) is 37.0. The van der Waals surface area contributed by atoms with Crippen LogP contribution in [0.15, 0.2) is 41.3 Å². The Bertz CT molecular complexity index is 1730. The minimum absolute atomic E-state index is 0.0290. The highest BCUT2D eigenvalue weighted by Crippen LogP contribution is 2.36. The number of rotatable bonds is 5. The number of aliphatic hydroxyl groups is 1. The maximum atomic E-state index is 13.8. The third-order valence-electron chi connectivity index (χ3n) is 8.68. The van der Waals surface area contributed by atoms with Gasteiger partial charge in [-0.1, -0.05) is 12.1 Å². The number of nitrogens with zero attached hydrogens (tertiary/aromatic N) is 5. The molecule has 2 aliphatic heterocycles. The van der Waals surface area contributed by atoms with Crippen molar-refractivity contribution in [3.8, 4) is 11.1 Å². The standard InChI is InChI=1S/C31H34N6O3S/c1-34-11-10-23-28(17-34)41-31(32-23)33-24-14-20(16-35(2)29(24)39)21-7-5-9-26(22(21)18-38)37-13-12-36-25-8-4-3-6-19(25)15-27(36)30(37)40/h5,7,9,14-16,38H,3-4,6,8,10-13,17-18H2,1-2H3,(H,32,33). The largest absolute Gasteiger partial charge is 0.392 e. The third kappa shape index (κ3) is 4.50. The van der Waals surface area contributed by atoms with Crippen molar-refractivity contribution in [2.45, 2.75) is 51.8 Å². The minimum atomic E-state index is -0.231. The molecule has 1 aliphatic carbocycles. The Kier molecular flexibility index (Phi) is 6.56. The summed E-state index contributed by atoms with van der Waals surface area (Å²) in [6.45, 7) is 2.90. The number of likely N-dealkylation sites (N-methyl/N-ethyl adjacent to an activating group) is 1. The smallest absolute Gasteiger partial charge is 0.274 e. The molecule has 7 rings (SSSR count). The van der Waals surface area contributed by atoms with Gasteiger partial charge < -0.3 is 29.4 Å². The van der Waals surface area contributed by atoms with E-state index in [1.807, 2.05) is 24.3 Å². The van der Waals surface area contributed by atoms with Crippen molar-refractivity contribution in [3.05, 3.63) is 80.0 Å². The van der Waals surface area contributed by atoms with E-state index in [0.717, 1.165) is 61.4 Å². The predicted octanol–water partition coefficient (Wildman–Crippen LogP) is 4.07. The lowest BCUT2D eigenvalue weighted by Gasteiger charge is -2.31. The van der Waals surface area contributed by atoms with E-state index in [0.29, 0.717) is 28.6 Å². The lowest BCUT2D eigenvalue weighted by Crippen LogP contribution is -2.41. The Hall–Kier alpha value is -3.73. The Morgan fingerprint density at radius 2 is 1.90 bits per heavy atom. The van der Waals surface area contributed by atoms with E-state index in [1.54, 1.807) is 34.0 Å². The molecule has 0 saturated carbocycles. The first kappa shape index (κ1) is 26.2. The van der Waals surface area contributed by atoms with Crippen LogP contribution in [0.5, 0.6) is 0 Å². The Morgan fingerprint density at radius 1 is 1.05 bits per heavy atom. The topological polar surface area (TPSA) is 95.6 Å². The molecule has 0 radical (unpaired) electrons. The molecule has 5 heterocycles. The van der Waals surface area contributed by atoms with Crippen LogP contribution in [0.3, 0.4) is 0 Å². The van der Waals surface area contributed by atoms with Crippen molar-refractivity contribution >= 4 is 33.8 Å². The normalized spacial score (nSPS) is 16.9. The van der Waals surface area contributed by atoms with E-state index in [2.05, 4.69) is 27.9 Å². The molecule has 212 valence electrons. The molecule has 2 N–H and O–H groups in total. The van der Waals surface area contributed by atoms with E-state index in [4.69, 9.17) is 4.98 Å². The first-order valence-electron chi connectivity index (χ1n) is 14.3. The zero-order chi connectivity index (χ0) is 28.2. The molecule has 0 unspecified atom stereocenters. The van der Waals surface area contributed by atoms with Gasteiger partial charge in [0.1, 0.15) is 11.4 Å². The highest BCUT2D eigenvalue weighted by atomic mass is 32.1. The van der Waals surface area contributed by atoms with Crippen LogP contribution in [-0.2, 0) is 46.0 Å². The molecule has 0 saturated heterocycles. The number of aromatic nitrogens is 3. The lowest BCUT2D eigenvalue weighted by atomic mass is 9.98. The van der Waals surface area contributed by atoms with Crippen LogP contribution in [0, 0.1) is 0 Å². The number of fused-ring (bicyclic) bond motifs is 4. The highest BCUT2D eigenvalue weighted by Gasteiger charge is 2.31. The average Bonchev–Trinajstić information content (AvgIpc) is 3.56. The zero-order valence-electron chi connectivity index (χ0n) is 23.4. The molecule has 4 aromatic rings. The van der Waals surface area contributed by atoms with Gasteiger partial charge in [-0.2, -0.15) is 0 Å². The van der Waals surface area contributed by atoms with Gasteiger partial charge in [-0.15, -0.1) is 11.3 Å². The first-order valence-corrected chi connectivity index (χ1v) is 15.1. The van der Waals surface area contributed by atoms with E-state index >= 15 is 0 Å². The number of aryl methyl sites for hydroxylation is 2. The SMILES string of the molecule is CN1CCc2nc(Nc3cc(-c4cccc(N5CCn6c(cc7c6CCCC7)C5=O)c4CO)cn(C)c3=O)sc2C1. The van der Waals surface area contributed by atoms with E-state index in [1.165, 1.54) is 29.0 Å². The van der Waals surface area contributed by atoms with Gasteiger partial charge in [0.15, 0.2) is 5.13 Å². The average molecular weight is 571 g/mol. The number of hydrogen-bond acceptors (Lipinski definition) is 7. The van der Waals surface area contributed by atoms with E-state index < -0.39 is 0 Å². The second kappa shape index (κ2) is 10.3. The van der Waals surface area contributed by atoms with Crippen molar-refractivity contribution < 1.29 is 9.90 Å². The fourth-order valence-corrected chi connectivity index (χ4v) is 7.67. The molecule has 3 aromatic heterocycles. The number of carbonyl (C=O) groups excluding carboxylic acids is 1. The van der Waals surface area contributed by atoms with Crippen LogP contribution in [-0.4, -0.2) is 50.2 Å². The van der Waals surface area contributed by atoms with Crippen LogP contribution < -0.4 is 15.8 Å². The monoisotopic (exact) mass is 570 g/mol. The number of pyridine rings is 1. The summed E-state index contributed by atoms with van der Waals surface area (Å²) in [6.07, 6.45) is 7.09. The molecule has 0 fully saturated rings. The van der Waals surface area contributed by atoms with Crippen molar-refractivity contribution in [1.29, 1.82) is 0 Å². The molecular weight excluding hydrogens is 536 g/mol. The van der Waals surface area contributed by atoms with Gasteiger partial charge in [0, 0.05) is 67.5 Å². The summed E-state index contributed by atoms with van der Waals surface area (Å²) in [7, 11) is 3.83. The van der Waals surface area contributed by atoms with Crippen LogP contribution >= 0.6 is 11.3 Å². The van der Waals surface area contributed by atoms with Gasteiger partial charge in [-0.3, -0.25) is 9.59 Å². The van der Waals surface area contributed by atoms with Crippen molar-refractivity contribution in [2.24, 2.45) is 7.05 Å². The second-order valence-corrected chi connectivity index (χ2v) is 12.4. The predicted molar refractivity (Wildman–Crippen MR) is 161 cm³/mol. The number of aliphatic hydroxyl groups excluding tert-OH is 1. The third-order valence-corrected chi connectivity index (χ3v) is 9.68. The first-order chi connectivity index (χ1) is 19.9. The molecule has 41 heavy (non-hydrogen) atoms. The second-order valence-electron chi connectivity index (χ2n) is 11.3. The summed E-state index contributed by atoms with van der Waals surface area (Å²) in [5.74, 6) is -0.0290. The molecular formula is C31H34N6O3S. The summed E-state index contributed by atoms with van der Waals surface area (Å²) in [5, 5.41) is 14.6. The number of thiazole rings is 1. The van der Waals surface area contributed by atoms with Gasteiger partial charge in [-0.25, -0.2) is 4.98 Å². The molecule has 0 bridgehead atoms. The number of hydrogen-bond donors (Lipinski definition) is 2. The summed E-state index contributed by atoms with van der Waals surface area (Å²) in [6, 6.07) is 9.66. The fourth-order valence-electron chi connectivity index (χ4n) is 6.57. The molecule has 0 atom stereocenters. The molecule has 1 amide bonds. The number of carbonyl (C=O) groups is 1. The number of nitrogens with one attached hydrogen (secondary N) is 1. The van der Waals surface area contributed by atoms with Crippen LogP contribution in [0.1, 0.15) is 50.7 Å². The fraction of sp³-hybridized carbons (Fsp3) is 0.387. The van der Waals surface area contributed by atoms with Gasteiger partial charge >= 0.3 is 0 Å². The van der Waals surface area contributed by atoms with Crippen LogP contribution in [0.4, 0.5) is 16.5 Å². The number of anilines is 3. The quantitative estimate of drug-likeness (QED) is 0.376. The van der Waals surface area contributed by atoms with Crippen molar-refractivity contribution in [1.82, 2.24) is 19.0 Å². The molecule has 1 aromatic carbocycles. The Balaban J connectivity index is 1.24. The maximum Gasteiger partial charge on any atom is 0.274 e. The zero-order valence-corrected chi connectivity index (χ0v) is 24.3. The van der Waals surface area contributed by atoms with Crippen LogP contribution in [0.2, 0.25) is 0 Å². The molecule has 0 spiro atoms. The molecule has 9 nitrogen and oxygen atoms in total. The van der Waals surface area contributed by atoms with Crippen molar-refractivity contribution in [3.63, 3.8) is 0 Å². The summed E-state index contributed by atoms with van der Waals surface area (Å²) < 4.78 is 3.76.